The average Bonchev–Trinajstić information content (AvgIpc) is 2.47. The van der Waals surface area contributed by atoms with E-state index in [4.69, 9.17) is 15.9 Å². The molecule has 4 N–H and O–H groups in total. The molecule has 0 radical (unpaired) electrons. The molecule has 0 aromatic carbocycles. The van der Waals surface area contributed by atoms with Gasteiger partial charge in [0.15, 0.2) is 0 Å². The monoisotopic (exact) mass is 168 g/mol. The smallest absolute Gasteiger partial charge is 0.120 e. The topological polar surface area (TPSA) is 65.2 Å². The molecule has 12 heavy (non-hydrogen) atoms. The lowest BCUT2D eigenvalue weighted by atomic mass is 10.1. The van der Waals surface area contributed by atoms with Crippen LogP contribution in [0, 0.1) is 6.92 Å². The van der Waals surface area contributed by atoms with Gasteiger partial charge >= 0.3 is 0 Å². The number of nitrogens with two attached hydrogens (primary N) is 2. The Balaban J connectivity index is 2.47. The third-order valence-corrected chi connectivity index (χ3v) is 1.85. The lowest BCUT2D eigenvalue weighted by Crippen LogP contribution is -2.11. The van der Waals surface area contributed by atoms with E-state index in [-0.39, 0.29) is 6.04 Å². The fraction of sp³-hybridized carbons (Fsp3) is 0.556. The third-order valence-electron chi connectivity index (χ3n) is 1.85. The fourth-order valence-corrected chi connectivity index (χ4v) is 1.13. The molecule has 1 unspecified atom stereocenters. The zero-order chi connectivity index (χ0) is 8.97. The highest BCUT2D eigenvalue weighted by Gasteiger charge is 2.08. The van der Waals surface area contributed by atoms with Crippen molar-refractivity contribution in [3.63, 3.8) is 0 Å². The van der Waals surface area contributed by atoms with E-state index in [9.17, 15) is 0 Å². The summed E-state index contributed by atoms with van der Waals surface area (Å²) in [5, 5.41) is 0. The number of aryl methyl sites for hydroxylation is 1. The summed E-state index contributed by atoms with van der Waals surface area (Å²) in [4.78, 5) is 0. The molecule has 0 bridgehead atoms. The first-order valence-electron chi connectivity index (χ1n) is 4.26. The largest absolute Gasteiger partial charge is 0.465 e. The van der Waals surface area contributed by atoms with E-state index in [1.807, 2.05) is 19.1 Å². The van der Waals surface area contributed by atoms with E-state index in [2.05, 4.69) is 0 Å². The highest BCUT2D eigenvalue weighted by molar-refractivity contribution is 5.08. The SMILES string of the molecule is Cc1ccc(C(N)CCCN)o1. The second-order valence-electron chi connectivity index (χ2n) is 2.99. The number of rotatable bonds is 4. The van der Waals surface area contributed by atoms with Crippen LogP contribution in [0.2, 0.25) is 0 Å². The zero-order valence-corrected chi connectivity index (χ0v) is 7.42. The van der Waals surface area contributed by atoms with Gasteiger partial charge < -0.3 is 15.9 Å². The van der Waals surface area contributed by atoms with E-state index in [1.165, 1.54) is 0 Å². The highest BCUT2D eigenvalue weighted by atomic mass is 16.3. The summed E-state index contributed by atoms with van der Waals surface area (Å²) >= 11 is 0. The van der Waals surface area contributed by atoms with Crippen molar-refractivity contribution in [2.75, 3.05) is 6.54 Å². The van der Waals surface area contributed by atoms with Crippen molar-refractivity contribution >= 4 is 0 Å². The van der Waals surface area contributed by atoms with E-state index < -0.39 is 0 Å². The quantitative estimate of drug-likeness (QED) is 0.712. The Morgan fingerprint density at radius 2 is 2.25 bits per heavy atom. The predicted octanol–water partition coefficient (Wildman–Crippen LogP) is 1.33. The summed E-state index contributed by atoms with van der Waals surface area (Å²) < 4.78 is 5.38. The van der Waals surface area contributed by atoms with Gasteiger partial charge in [0, 0.05) is 0 Å². The summed E-state index contributed by atoms with van der Waals surface area (Å²) in [6.07, 6.45) is 1.84. The minimum absolute atomic E-state index is 0.00208. The van der Waals surface area contributed by atoms with Crippen LogP contribution in [0.5, 0.6) is 0 Å². The molecule has 3 nitrogen and oxygen atoms in total. The Morgan fingerprint density at radius 3 is 2.75 bits per heavy atom. The lowest BCUT2D eigenvalue weighted by Gasteiger charge is -2.06. The molecule has 0 saturated carbocycles. The number of furan rings is 1. The molecule has 1 aromatic heterocycles. The summed E-state index contributed by atoms with van der Waals surface area (Å²) in [6, 6.07) is 3.86. The van der Waals surface area contributed by atoms with Gasteiger partial charge in [0.2, 0.25) is 0 Å². The van der Waals surface area contributed by atoms with Gasteiger partial charge in [0.1, 0.15) is 11.5 Å². The number of hydrogen-bond donors (Lipinski definition) is 2. The molecule has 1 heterocycles. The Morgan fingerprint density at radius 1 is 1.50 bits per heavy atom. The van der Waals surface area contributed by atoms with Crippen LogP contribution in [0.15, 0.2) is 16.5 Å². The Kier molecular flexibility index (Phi) is 3.31. The summed E-state index contributed by atoms with van der Waals surface area (Å²) in [5.41, 5.74) is 11.2. The van der Waals surface area contributed by atoms with Crippen LogP contribution in [0.25, 0.3) is 0 Å². The minimum atomic E-state index is 0.00208. The molecule has 0 aliphatic rings. The van der Waals surface area contributed by atoms with Gasteiger partial charge in [-0.1, -0.05) is 0 Å². The van der Waals surface area contributed by atoms with Crippen LogP contribution in [0.1, 0.15) is 30.4 Å². The normalized spacial score (nSPS) is 13.2. The van der Waals surface area contributed by atoms with Crippen molar-refractivity contribution in [1.82, 2.24) is 0 Å². The molecule has 1 aromatic rings. The van der Waals surface area contributed by atoms with Crippen molar-refractivity contribution in [1.29, 1.82) is 0 Å². The van der Waals surface area contributed by atoms with Crippen LogP contribution in [0.4, 0.5) is 0 Å². The highest BCUT2D eigenvalue weighted by Crippen LogP contribution is 2.17. The molecule has 68 valence electrons. The predicted molar refractivity (Wildman–Crippen MR) is 48.7 cm³/mol. The first-order chi connectivity index (χ1) is 5.74. The molecule has 3 heteroatoms. The molecular weight excluding hydrogens is 152 g/mol. The van der Waals surface area contributed by atoms with Crippen LogP contribution >= 0.6 is 0 Å². The van der Waals surface area contributed by atoms with Gasteiger partial charge in [-0.2, -0.15) is 0 Å². The van der Waals surface area contributed by atoms with Crippen molar-refractivity contribution in [2.45, 2.75) is 25.8 Å². The maximum Gasteiger partial charge on any atom is 0.120 e. The summed E-state index contributed by atoms with van der Waals surface area (Å²) in [6.45, 7) is 2.60. The Bertz CT molecular complexity index is 232. The van der Waals surface area contributed by atoms with Crippen LogP contribution in [0.3, 0.4) is 0 Å². The maximum absolute atomic E-state index is 5.85. The van der Waals surface area contributed by atoms with E-state index in [0.717, 1.165) is 24.4 Å². The first kappa shape index (κ1) is 9.29. The molecule has 1 atom stereocenters. The standard InChI is InChI=1S/C9H16N2O/c1-7-4-5-9(12-7)8(11)3-2-6-10/h4-5,8H,2-3,6,10-11H2,1H3. The molecule has 0 spiro atoms. The molecule has 0 fully saturated rings. The van der Waals surface area contributed by atoms with Crippen molar-refractivity contribution in [3.8, 4) is 0 Å². The zero-order valence-electron chi connectivity index (χ0n) is 7.42. The second kappa shape index (κ2) is 4.28. The van der Waals surface area contributed by atoms with Crippen LogP contribution in [-0.2, 0) is 0 Å². The van der Waals surface area contributed by atoms with Gasteiger partial charge in [0.05, 0.1) is 6.04 Å². The maximum atomic E-state index is 5.85. The second-order valence-corrected chi connectivity index (χ2v) is 2.99. The Labute approximate surface area is 72.7 Å². The van der Waals surface area contributed by atoms with Crippen LogP contribution in [-0.4, -0.2) is 6.54 Å². The molecule has 0 aliphatic carbocycles. The van der Waals surface area contributed by atoms with Gasteiger partial charge in [-0.3, -0.25) is 0 Å². The molecular formula is C9H16N2O. The van der Waals surface area contributed by atoms with Crippen LogP contribution < -0.4 is 11.5 Å². The molecule has 0 aliphatic heterocycles. The molecule has 0 amide bonds. The average molecular weight is 168 g/mol. The van der Waals surface area contributed by atoms with E-state index >= 15 is 0 Å². The van der Waals surface area contributed by atoms with Crippen molar-refractivity contribution < 1.29 is 4.42 Å². The van der Waals surface area contributed by atoms with Crippen molar-refractivity contribution in [3.05, 3.63) is 23.7 Å². The van der Waals surface area contributed by atoms with Gasteiger partial charge in [-0.15, -0.1) is 0 Å². The third kappa shape index (κ3) is 2.36. The summed E-state index contributed by atoms with van der Waals surface area (Å²) in [5.74, 6) is 1.77. The fourth-order valence-electron chi connectivity index (χ4n) is 1.13. The van der Waals surface area contributed by atoms with Gasteiger partial charge in [-0.05, 0) is 38.4 Å². The lowest BCUT2D eigenvalue weighted by molar-refractivity contribution is 0.430. The molecule has 1 rings (SSSR count). The number of hydrogen-bond acceptors (Lipinski definition) is 3. The Hall–Kier alpha value is -0.800. The summed E-state index contributed by atoms with van der Waals surface area (Å²) in [7, 11) is 0. The van der Waals surface area contributed by atoms with E-state index in [1.54, 1.807) is 0 Å². The minimum Gasteiger partial charge on any atom is -0.465 e. The van der Waals surface area contributed by atoms with Gasteiger partial charge in [-0.25, -0.2) is 0 Å². The van der Waals surface area contributed by atoms with Crippen molar-refractivity contribution in [2.24, 2.45) is 11.5 Å². The van der Waals surface area contributed by atoms with E-state index in [0.29, 0.717) is 6.54 Å². The van der Waals surface area contributed by atoms with Gasteiger partial charge in [0.25, 0.3) is 0 Å². The molecule has 0 saturated heterocycles. The first-order valence-corrected chi connectivity index (χ1v) is 4.26.